The predicted molar refractivity (Wildman–Crippen MR) is 109 cm³/mol. The highest BCUT2D eigenvalue weighted by molar-refractivity contribution is 7.87. The van der Waals surface area contributed by atoms with Crippen LogP contribution in [0.25, 0.3) is 0 Å². The van der Waals surface area contributed by atoms with E-state index in [0.29, 0.717) is 5.76 Å². The van der Waals surface area contributed by atoms with Gasteiger partial charge in [0.15, 0.2) is 0 Å². The Morgan fingerprint density at radius 1 is 1.10 bits per heavy atom. The summed E-state index contributed by atoms with van der Waals surface area (Å²) in [4.78, 5) is 13.8. The van der Waals surface area contributed by atoms with E-state index in [1.54, 1.807) is 36.1 Å². The number of furan rings is 1. The van der Waals surface area contributed by atoms with Crippen molar-refractivity contribution >= 4 is 27.6 Å². The lowest BCUT2D eigenvalue weighted by atomic mass is 10.2. The first-order chi connectivity index (χ1) is 14.2. The van der Waals surface area contributed by atoms with Crippen molar-refractivity contribution in [1.82, 2.24) is 4.90 Å². The molecular formula is C21H19ClFNO5S. The average molecular weight is 452 g/mol. The van der Waals surface area contributed by atoms with E-state index < -0.39 is 21.3 Å². The number of rotatable bonds is 8. The summed E-state index contributed by atoms with van der Waals surface area (Å²) in [6, 6.07) is 14.1. The Labute approximate surface area is 179 Å². The van der Waals surface area contributed by atoms with Gasteiger partial charge in [-0.1, -0.05) is 12.1 Å². The second kappa shape index (κ2) is 9.32. The minimum Gasteiger partial charge on any atom is -0.467 e. The normalized spacial score (nSPS) is 12.4. The van der Waals surface area contributed by atoms with Crippen LogP contribution in [0.4, 0.5) is 4.39 Å². The Morgan fingerprint density at radius 2 is 1.77 bits per heavy atom. The molecule has 0 saturated heterocycles. The summed E-state index contributed by atoms with van der Waals surface area (Å²) >= 11 is 5.96. The monoisotopic (exact) mass is 451 g/mol. The molecule has 158 valence electrons. The fourth-order valence-electron chi connectivity index (χ4n) is 2.70. The van der Waals surface area contributed by atoms with Gasteiger partial charge in [0.1, 0.15) is 27.6 Å². The van der Waals surface area contributed by atoms with Crippen LogP contribution in [-0.4, -0.2) is 24.6 Å². The lowest BCUT2D eigenvalue weighted by Gasteiger charge is -2.23. The Hall–Kier alpha value is -2.84. The zero-order valence-corrected chi connectivity index (χ0v) is 17.6. The SMILES string of the molecule is CC(Cl)C(=O)N(Cc1ccc(OS(=O)(=O)c2ccc(F)cc2)cc1)Cc1ccco1. The van der Waals surface area contributed by atoms with Crippen LogP contribution in [0.5, 0.6) is 5.75 Å². The molecule has 9 heteroatoms. The molecule has 0 aliphatic rings. The molecule has 1 aromatic heterocycles. The molecule has 1 amide bonds. The maximum absolute atomic E-state index is 13.0. The van der Waals surface area contributed by atoms with E-state index in [9.17, 15) is 17.6 Å². The highest BCUT2D eigenvalue weighted by atomic mass is 35.5. The van der Waals surface area contributed by atoms with Crippen LogP contribution < -0.4 is 4.18 Å². The molecule has 0 aliphatic heterocycles. The summed E-state index contributed by atoms with van der Waals surface area (Å²) in [5, 5.41) is -0.705. The zero-order chi connectivity index (χ0) is 21.7. The topological polar surface area (TPSA) is 76.8 Å². The van der Waals surface area contributed by atoms with Gasteiger partial charge in [-0.05, 0) is 61.0 Å². The summed E-state index contributed by atoms with van der Waals surface area (Å²) in [5.74, 6) is -0.0887. The van der Waals surface area contributed by atoms with E-state index in [4.69, 9.17) is 20.2 Å². The number of nitrogens with zero attached hydrogens (tertiary/aromatic N) is 1. The molecule has 0 bridgehead atoms. The number of carbonyl (C=O) groups excluding carboxylic acids is 1. The van der Waals surface area contributed by atoms with E-state index in [1.807, 2.05) is 0 Å². The molecule has 1 atom stereocenters. The van der Waals surface area contributed by atoms with Crippen molar-refractivity contribution in [1.29, 1.82) is 0 Å². The number of hydrogen-bond donors (Lipinski definition) is 0. The molecule has 0 spiro atoms. The summed E-state index contributed by atoms with van der Waals surface area (Å²) in [7, 11) is -4.09. The lowest BCUT2D eigenvalue weighted by Crippen LogP contribution is -2.34. The van der Waals surface area contributed by atoms with E-state index >= 15 is 0 Å². The summed E-state index contributed by atoms with van der Waals surface area (Å²) in [6.45, 7) is 2.10. The van der Waals surface area contributed by atoms with Crippen LogP contribution in [0.3, 0.4) is 0 Å². The van der Waals surface area contributed by atoms with Crippen molar-refractivity contribution in [3.05, 3.63) is 84.1 Å². The van der Waals surface area contributed by atoms with Crippen molar-refractivity contribution in [3.63, 3.8) is 0 Å². The van der Waals surface area contributed by atoms with Crippen molar-refractivity contribution in [3.8, 4) is 5.75 Å². The van der Waals surface area contributed by atoms with Gasteiger partial charge in [-0.15, -0.1) is 11.6 Å². The van der Waals surface area contributed by atoms with E-state index in [1.165, 1.54) is 18.4 Å². The first-order valence-electron chi connectivity index (χ1n) is 8.99. The third-order valence-corrected chi connectivity index (χ3v) is 5.63. The van der Waals surface area contributed by atoms with Crippen molar-refractivity contribution in [2.24, 2.45) is 0 Å². The molecule has 0 aliphatic carbocycles. The molecular weight excluding hydrogens is 433 g/mol. The van der Waals surface area contributed by atoms with Crippen molar-refractivity contribution < 1.29 is 26.2 Å². The van der Waals surface area contributed by atoms with Crippen LogP contribution >= 0.6 is 11.6 Å². The van der Waals surface area contributed by atoms with Crippen LogP contribution in [-0.2, 0) is 28.0 Å². The maximum atomic E-state index is 13.0. The lowest BCUT2D eigenvalue weighted by molar-refractivity contribution is -0.132. The molecule has 2 aromatic carbocycles. The van der Waals surface area contributed by atoms with E-state index in [-0.39, 0.29) is 29.6 Å². The van der Waals surface area contributed by atoms with E-state index in [2.05, 4.69) is 0 Å². The molecule has 3 aromatic rings. The molecule has 1 heterocycles. The quantitative estimate of drug-likeness (QED) is 0.376. The van der Waals surface area contributed by atoms with Crippen LogP contribution in [0.2, 0.25) is 0 Å². The number of amides is 1. The summed E-state index contributed by atoms with van der Waals surface area (Å²) < 4.78 is 48.0. The minimum atomic E-state index is -4.09. The number of carbonyl (C=O) groups is 1. The second-order valence-electron chi connectivity index (χ2n) is 6.52. The second-order valence-corrected chi connectivity index (χ2v) is 8.73. The Morgan fingerprint density at radius 3 is 2.33 bits per heavy atom. The van der Waals surface area contributed by atoms with Crippen molar-refractivity contribution in [2.75, 3.05) is 0 Å². The van der Waals surface area contributed by atoms with Crippen LogP contribution in [0.1, 0.15) is 18.2 Å². The van der Waals surface area contributed by atoms with Crippen LogP contribution in [0, 0.1) is 5.82 Å². The van der Waals surface area contributed by atoms with Gasteiger partial charge in [0.2, 0.25) is 5.91 Å². The Bertz CT molecular complexity index is 1080. The van der Waals surface area contributed by atoms with Gasteiger partial charge in [-0.25, -0.2) is 4.39 Å². The average Bonchev–Trinajstić information content (AvgIpc) is 3.21. The fourth-order valence-corrected chi connectivity index (χ4v) is 3.77. The molecule has 1 unspecified atom stereocenters. The maximum Gasteiger partial charge on any atom is 0.339 e. The molecule has 0 fully saturated rings. The third-order valence-electron chi connectivity index (χ3n) is 4.18. The zero-order valence-electron chi connectivity index (χ0n) is 16.0. The summed E-state index contributed by atoms with van der Waals surface area (Å²) in [6.07, 6.45) is 1.52. The molecule has 3 rings (SSSR count). The molecule has 0 saturated carbocycles. The Kier molecular flexibility index (Phi) is 6.79. The standard InChI is InChI=1S/C21H19ClFNO5S/c1-15(22)21(25)24(14-19-3-2-12-28-19)13-16-4-8-18(9-5-16)29-30(26,27)20-10-6-17(23)7-11-20/h2-12,15H,13-14H2,1H3. The van der Waals surface area contributed by atoms with Gasteiger partial charge in [-0.2, -0.15) is 8.42 Å². The van der Waals surface area contributed by atoms with Gasteiger partial charge in [0.05, 0.1) is 12.8 Å². The van der Waals surface area contributed by atoms with Crippen molar-refractivity contribution in [2.45, 2.75) is 30.3 Å². The first-order valence-corrected chi connectivity index (χ1v) is 10.8. The van der Waals surface area contributed by atoms with Gasteiger partial charge in [0, 0.05) is 6.54 Å². The van der Waals surface area contributed by atoms with Gasteiger partial charge < -0.3 is 13.5 Å². The molecule has 30 heavy (non-hydrogen) atoms. The number of hydrogen-bond acceptors (Lipinski definition) is 5. The van der Waals surface area contributed by atoms with E-state index in [0.717, 1.165) is 29.8 Å². The van der Waals surface area contributed by atoms with Gasteiger partial charge in [0.25, 0.3) is 0 Å². The highest BCUT2D eigenvalue weighted by Crippen LogP contribution is 2.21. The number of benzene rings is 2. The number of halogens is 2. The highest BCUT2D eigenvalue weighted by Gasteiger charge is 2.21. The predicted octanol–water partition coefficient (Wildman–Crippen LogP) is 4.34. The first kappa shape index (κ1) is 21.9. The van der Waals surface area contributed by atoms with Gasteiger partial charge >= 0.3 is 10.1 Å². The molecule has 6 nitrogen and oxygen atoms in total. The summed E-state index contributed by atoms with van der Waals surface area (Å²) in [5.41, 5.74) is 0.749. The van der Waals surface area contributed by atoms with Crippen LogP contribution in [0.15, 0.2) is 76.2 Å². The number of alkyl halides is 1. The Balaban J connectivity index is 1.71. The fraction of sp³-hybridized carbons (Fsp3) is 0.190. The smallest absolute Gasteiger partial charge is 0.339 e. The minimum absolute atomic E-state index is 0.0951. The largest absolute Gasteiger partial charge is 0.467 e. The molecule has 0 N–H and O–H groups in total. The molecule has 0 radical (unpaired) electrons. The third kappa shape index (κ3) is 5.61. The van der Waals surface area contributed by atoms with Gasteiger partial charge in [-0.3, -0.25) is 4.79 Å².